The number of nitrogens with zero attached hydrogens (tertiary/aromatic N) is 3. The molecule has 0 unspecified atom stereocenters. The Morgan fingerprint density at radius 1 is 1.40 bits per heavy atom. The van der Waals surface area contributed by atoms with Crippen LogP contribution in [0.3, 0.4) is 0 Å². The van der Waals surface area contributed by atoms with Crippen molar-refractivity contribution in [1.82, 2.24) is 14.8 Å². The number of benzene rings is 1. The summed E-state index contributed by atoms with van der Waals surface area (Å²) in [7, 11) is 1.11. The molecule has 0 spiro atoms. The Morgan fingerprint density at radius 3 is 2.72 bits per heavy atom. The zero-order valence-corrected chi connectivity index (χ0v) is 13.5. The maximum Gasteiger partial charge on any atom is 0.433 e. The third kappa shape index (κ3) is 3.07. The van der Waals surface area contributed by atoms with Crippen LogP contribution in [0.1, 0.15) is 5.69 Å². The van der Waals surface area contributed by atoms with Gasteiger partial charge in [0.2, 0.25) is 0 Å². The highest BCUT2D eigenvalue weighted by atomic mass is 35.5. The largest absolute Gasteiger partial charge is 0.446 e. The van der Waals surface area contributed by atoms with E-state index in [1.807, 2.05) is 0 Å². The van der Waals surface area contributed by atoms with E-state index in [1.54, 1.807) is 0 Å². The van der Waals surface area contributed by atoms with E-state index in [9.17, 15) is 17.6 Å². The van der Waals surface area contributed by atoms with E-state index in [0.29, 0.717) is 4.68 Å². The molecule has 0 amide bonds. The number of rotatable bonds is 4. The first-order valence-electron chi connectivity index (χ1n) is 6.86. The molecule has 3 aromatic rings. The van der Waals surface area contributed by atoms with E-state index < -0.39 is 17.7 Å². The number of ether oxygens (including phenoxy) is 1. The van der Waals surface area contributed by atoms with E-state index in [-0.39, 0.29) is 40.1 Å². The molecule has 0 fully saturated rings. The first kappa shape index (κ1) is 17.3. The van der Waals surface area contributed by atoms with Gasteiger partial charge < -0.3 is 9.15 Å². The molecule has 0 aliphatic rings. The Hall–Kier alpha value is -2.55. The van der Waals surface area contributed by atoms with Crippen molar-refractivity contribution in [2.24, 2.45) is 7.05 Å². The van der Waals surface area contributed by atoms with E-state index in [2.05, 4.69) is 16.7 Å². The normalized spacial score (nSPS) is 11.9. The quantitative estimate of drug-likeness (QED) is 0.494. The second kappa shape index (κ2) is 6.07. The molecule has 0 aliphatic heterocycles. The van der Waals surface area contributed by atoms with Gasteiger partial charge >= 0.3 is 12.3 Å². The molecule has 0 aliphatic carbocycles. The van der Waals surface area contributed by atoms with Crippen molar-refractivity contribution in [3.05, 3.63) is 41.3 Å². The molecule has 0 atom stereocenters. The topological polar surface area (TPSA) is 53.1 Å². The highest BCUT2D eigenvalue weighted by Gasteiger charge is 2.36. The molecule has 1 aromatic carbocycles. The van der Waals surface area contributed by atoms with Crippen LogP contribution in [-0.2, 0) is 13.2 Å². The number of aromatic nitrogens is 3. The SMILES string of the molecule is C=CCOc1nc2c(-c3cc(C(F)(F)F)n(C)n3)c(F)cc(Cl)c2o1. The molecule has 132 valence electrons. The number of halogens is 5. The van der Waals surface area contributed by atoms with Crippen LogP contribution >= 0.6 is 11.6 Å². The molecule has 0 N–H and O–H groups in total. The molecule has 2 heterocycles. The van der Waals surface area contributed by atoms with Crippen LogP contribution in [0.4, 0.5) is 17.6 Å². The molecule has 3 rings (SSSR count). The smallest absolute Gasteiger partial charge is 0.433 e. The molecular weight excluding hydrogens is 366 g/mol. The third-order valence-corrected chi connectivity index (χ3v) is 3.59. The summed E-state index contributed by atoms with van der Waals surface area (Å²) < 4.78 is 64.3. The van der Waals surface area contributed by atoms with Crippen molar-refractivity contribution in [1.29, 1.82) is 0 Å². The summed E-state index contributed by atoms with van der Waals surface area (Å²) in [4.78, 5) is 3.96. The van der Waals surface area contributed by atoms with Crippen molar-refractivity contribution in [2.75, 3.05) is 6.61 Å². The number of hydrogen-bond donors (Lipinski definition) is 0. The Bertz CT molecular complexity index is 962. The summed E-state index contributed by atoms with van der Waals surface area (Å²) in [6.45, 7) is 3.54. The van der Waals surface area contributed by atoms with Crippen LogP contribution < -0.4 is 4.74 Å². The molecule has 25 heavy (non-hydrogen) atoms. The lowest BCUT2D eigenvalue weighted by molar-refractivity contribution is -0.143. The fourth-order valence-electron chi connectivity index (χ4n) is 2.28. The van der Waals surface area contributed by atoms with Crippen molar-refractivity contribution >= 4 is 22.7 Å². The highest BCUT2D eigenvalue weighted by Crippen LogP contribution is 2.39. The summed E-state index contributed by atoms with van der Waals surface area (Å²) in [6.07, 6.45) is -3.41. The van der Waals surface area contributed by atoms with Gasteiger partial charge in [-0.25, -0.2) is 4.39 Å². The monoisotopic (exact) mass is 375 g/mol. The van der Waals surface area contributed by atoms with Gasteiger partial charge in [0.25, 0.3) is 0 Å². The maximum atomic E-state index is 14.4. The van der Waals surface area contributed by atoms with Crippen molar-refractivity contribution < 1.29 is 26.7 Å². The second-order valence-electron chi connectivity index (χ2n) is 5.01. The summed E-state index contributed by atoms with van der Waals surface area (Å²) in [5, 5.41) is 3.64. The lowest BCUT2D eigenvalue weighted by Crippen LogP contribution is -2.11. The second-order valence-corrected chi connectivity index (χ2v) is 5.42. The fraction of sp³-hybridized carbons (Fsp3) is 0.200. The average molecular weight is 376 g/mol. The zero-order valence-electron chi connectivity index (χ0n) is 12.7. The maximum absolute atomic E-state index is 14.4. The number of aryl methyl sites for hydroxylation is 1. The van der Waals surface area contributed by atoms with Crippen molar-refractivity contribution in [3.63, 3.8) is 0 Å². The van der Waals surface area contributed by atoms with Crippen LogP contribution in [0, 0.1) is 5.82 Å². The standard InChI is InChI=1S/C15H10ClF4N3O2/c1-3-4-24-14-21-12-11(8(17)5-7(16)13(12)25-14)9-6-10(15(18,19)20)23(2)22-9/h3,5-6H,1,4H2,2H3. The van der Waals surface area contributed by atoms with E-state index in [0.717, 1.165) is 19.2 Å². The van der Waals surface area contributed by atoms with E-state index >= 15 is 0 Å². The minimum absolute atomic E-state index is 0.0173. The molecule has 0 radical (unpaired) electrons. The molecule has 10 heteroatoms. The fourth-order valence-corrected chi connectivity index (χ4v) is 2.51. The Labute approximate surface area is 143 Å². The molecule has 0 saturated carbocycles. The van der Waals surface area contributed by atoms with Gasteiger partial charge in [0.1, 0.15) is 23.6 Å². The van der Waals surface area contributed by atoms with Gasteiger partial charge in [0, 0.05) is 7.05 Å². The van der Waals surface area contributed by atoms with Crippen LogP contribution in [0.25, 0.3) is 22.4 Å². The molecule has 2 aromatic heterocycles. The first-order valence-corrected chi connectivity index (χ1v) is 7.24. The van der Waals surface area contributed by atoms with Crippen molar-refractivity contribution in [3.8, 4) is 17.3 Å². The van der Waals surface area contributed by atoms with Crippen LogP contribution in [0.5, 0.6) is 6.08 Å². The Kier molecular flexibility index (Phi) is 4.19. The summed E-state index contributed by atoms with van der Waals surface area (Å²) in [6, 6.07) is 1.65. The van der Waals surface area contributed by atoms with Gasteiger partial charge in [0.05, 0.1) is 16.3 Å². The zero-order chi connectivity index (χ0) is 18.4. The van der Waals surface area contributed by atoms with E-state index in [4.69, 9.17) is 20.8 Å². The van der Waals surface area contributed by atoms with Crippen LogP contribution in [-0.4, -0.2) is 21.4 Å². The Morgan fingerprint density at radius 2 is 2.12 bits per heavy atom. The molecule has 0 bridgehead atoms. The van der Waals surface area contributed by atoms with Gasteiger partial charge in [-0.3, -0.25) is 4.68 Å². The first-order chi connectivity index (χ1) is 11.7. The molecule has 5 nitrogen and oxygen atoms in total. The van der Waals surface area contributed by atoms with Crippen LogP contribution in [0.2, 0.25) is 5.02 Å². The van der Waals surface area contributed by atoms with Crippen LogP contribution in [0.15, 0.2) is 29.2 Å². The number of oxazole rings is 1. The van der Waals surface area contributed by atoms with Gasteiger partial charge in [-0.05, 0) is 12.1 Å². The lowest BCUT2D eigenvalue weighted by Gasteiger charge is -2.04. The minimum Gasteiger partial charge on any atom is -0.446 e. The lowest BCUT2D eigenvalue weighted by atomic mass is 10.1. The Balaban J connectivity index is 2.22. The average Bonchev–Trinajstić information content (AvgIpc) is 3.09. The third-order valence-electron chi connectivity index (χ3n) is 3.30. The van der Waals surface area contributed by atoms with Gasteiger partial charge in [0.15, 0.2) is 5.58 Å². The highest BCUT2D eigenvalue weighted by molar-refractivity contribution is 6.35. The van der Waals surface area contributed by atoms with E-state index in [1.165, 1.54) is 6.08 Å². The number of fused-ring (bicyclic) bond motifs is 1. The predicted molar refractivity (Wildman–Crippen MR) is 81.9 cm³/mol. The number of alkyl halides is 3. The summed E-state index contributed by atoms with van der Waals surface area (Å²) in [5.74, 6) is -0.882. The number of hydrogen-bond acceptors (Lipinski definition) is 4. The predicted octanol–water partition coefficient (Wildman–Crippen LogP) is 4.60. The summed E-state index contributed by atoms with van der Waals surface area (Å²) in [5.41, 5.74) is -1.65. The van der Waals surface area contributed by atoms with Gasteiger partial charge in [-0.1, -0.05) is 24.3 Å². The molecular formula is C15H10ClF4N3O2. The molecule has 0 saturated heterocycles. The summed E-state index contributed by atoms with van der Waals surface area (Å²) >= 11 is 5.92. The van der Waals surface area contributed by atoms with Gasteiger partial charge in [-0.15, -0.1) is 0 Å². The van der Waals surface area contributed by atoms with Crippen molar-refractivity contribution in [2.45, 2.75) is 6.18 Å². The minimum atomic E-state index is -4.63. The van der Waals surface area contributed by atoms with Gasteiger partial charge in [-0.2, -0.15) is 23.3 Å².